The smallest absolute Gasteiger partial charge is 0.407 e. The summed E-state index contributed by atoms with van der Waals surface area (Å²) < 4.78 is 7.39. The van der Waals surface area contributed by atoms with Crippen LogP contribution in [0.25, 0.3) is 16.9 Å². The zero-order chi connectivity index (χ0) is 24.2. The fourth-order valence-electron chi connectivity index (χ4n) is 3.61. The lowest BCUT2D eigenvalue weighted by Crippen LogP contribution is -2.32. The van der Waals surface area contributed by atoms with E-state index in [0.717, 1.165) is 33.8 Å². The summed E-state index contributed by atoms with van der Waals surface area (Å²) in [7, 11) is 0. The number of nitrogens with one attached hydrogen (secondary N) is 1. The van der Waals surface area contributed by atoms with Crippen LogP contribution in [0.3, 0.4) is 0 Å². The summed E-state index contributed by atoms with van der Waals surface area (Å²) in [5.74, 6) is -0.837. The summed E-state index contributed by atoms with van der Waals surface area (Å²) in [5.41, 5.74) is 5.18. The number of ether oxygens (including phenoxy) is 1. The average molecular weight is 469 g/mol. The predicted molar refractivity (Wildman–Crippen MR) is 130 cm³/mol. The number of halogens is 1. The van der Waals surface area contributed by atoms with E-state index >= 15 is 0 Å². The van der Waals surface area contributed by atoms with Gasteiger partial charge in [-0.1, -0.05) is 35.9 Å². The van der Waals surface area contributed by atoms with E-state index in [0.29, 0.717) is 18.0 Å². The minimum Gasteiger partial charge on any atom is -0.481 e. The fraction of sp³-hybridized carbons (Fsp3) is 0.308. The first-order chi connectivity index (χ1) is 15.5. The summed E-state index contributed by atoms with van der Waals surface area (Å²) in [5, 5.41) is 12.6. The largest absolute Gasteiger partial charge is 0.481 e. The van der Waals surface area contributed by atoms with Gasteiger partial charge >= 0.3 is 12.1 Å². The number of carbonyl (C=O) groups excluding carboxylic acids is 1. The van der Waals surface area contributed by atoms with Gasteiger partial charge in [0.15, 0.2) is 0 Å². The first kappa shape index (κ1) is 24.4. The number of aliphatic carboxylic acids is 1. The van der Waals surface area contributed by atoms with E-state index in [1.165, 1.54) is 0 Å². The molecular formula is C26H29ClN2O4. The van der Waals surface area contributed by atoms with Gasteiger partial charge in [-0.2, -0.15) is 0 Å². The Bertz CT molecular complexity index is 1140. The molecule has 33 heavy (non-hydrogen) atoms. The Morgan fingerprint density at radius 2 is 1.76 bits per heavy atom. The number of hydrogen-bond acceptors (Lipinski definition) is 3. The number of rotatable bonds is 7. The van der Waals surface area contributed by atoms with Crippen molar-refractivity contribution >= 4 is 23.7 Å². The molecule has 2 N–H and O–H groups in total. The Morgan fingerprint density at radius 1 is 1.06 bits per heavy atom. The van der Waals surface area contributed by atoms with Crippen LogP contribution >= 0.6 is 11.6 Å². The van der Waals surface area contributed by atoms with Gasteiger partial charge in [0.1, 0.15) is 5.60 Å². The number of carboxylic acid groups (broad SMARTS) is 1. The van der Waals surface area contributed by atoms with E-state index in [4.69, 9.17) is 16.3 Å². The van der Waals surface area contributed by atoms with Crippen LogP contribution in [0.5, 0.6) is 0 Å². The summed E-state index contributed by atoms with van der Waals surface area (Å²) in [6, 6.07) is 17.5. The Labute approximate surface area is 199 Å². The van der Waals surface area contributed by atoms with Gasteiger partial charge in [-0.3, -0.25) is 4.79 Å². The minimum atomic E-state index is -0.837. The fourth-order valence-corrected chi connectivity index (χ4v) is 3.73. The van der Waals surface area contributed by atoms with Crippen molar-refractivity contribution in [2.24, 2.45) is 0 Å². The average Bonchev–Trinajstić information content (AvgIpc) is 3.14. The van der Waals surface area contributed by atoms with Gasteiger partial charge < -0.3 is 19.7 Å². The molecule has 0 aliphatic carbocycles. The number of aryl methyl sites for hydroxylation is 2. The van der Waals surface area contributed by atoms with Crippen molar-refractivity contribution in [1.29, 1.82) is 0 Å². The Hall–Kier alpha value is -3.25. The highest BCUT2D eigenvalue weighted by Gasteiger charge is 2.17. The number of alkyl carbamates (subject to hydrolysis) is 1. The van der Waals surface area contributed by atoms with Crippen LogP contribution in [0, 0.1) is 6.92 Å². The molecule has 7 heteroatoms. The molecule has 0 saturated carbocycles. The van der Waals surface area contributed by atoms with Gasteiger partial charge in [0.05, 0.1) is 12.1 Å². The molecule has 0 fully saturated rings. The maximum Gasteiger partial charge on any atom is 0.407 e. The number of aromatic nitrogens is 1. The van der Waals surface area contributed by atoms with Crippen LogP contribution in [0.1, 0.15) is 44.0 Å². The van der Waals surface area contributed by atoms with Crippen LogP contribution in [-0.2, 0) is 22.5 Å². The van der Waals surface area contributed by atoms with Crippen LogP contribution < -0.4 is 5.32 Å². The SMILES string of the molecule is Cc1cc(CNC(=O)OC(C)(C)C)ccc1-n1c(CCC(=O)O)ccc1-c1ccc(Cl)cc1. The molecule has 1 heterocycles. The van der Waals surface area contributed by atoms with Crippen molar-refractivity contribution in [2.45, 2.75) is 52.7 Å². The summed E-state index contributed by atoms with van der Waals surface area (Å²) in [6.45, 7) is 7.81. The molecule has 0 spiro atoms. The zero-order valence-electron chi connectivity index (χ0n) is 19.3. The van der Waals surface area contributed by atoms with Gasteiger partial charge in [-0.05, 0) is 81.1 Å². The molecular weight excluding hydrogens is 440 g/mol. The van der Waals surface area contributed by atoms with Crippen molar-refractivity contribution in [3.63, 3.8) is 0 Å². The lowest BCUT2D eigenvalue weighted by Gasteiger charge is -2.20. The molecule has 0 radical (unpaired) electrons. The van der Waals surface area contributed by atoms with Crippen molar-refractivity contribution in [3.8, 4) is 16.9 Å². The van der Waals surface area contributed by atoms with E-state index < -0.39 is 17.7 Å². The molecule has 0 atom stereocenters. The monoisotopic (exact) mass is 468 g/mol. The standard InChI is InChI=1S/C26H29ClN2O4/c1-17-15-18(16-28-25(32)33-26(2,3)4)5-12-22(17)29-21(11-14-24(30)31)10-13-23(29)19-6-8-20(27)9-7-19/h5-10,12-13,15H,11,14,16H2,1-4H3,(H,28,32)(H,30,31). The number of nitrogens with zero attached hydrogens (tertiary/aromatic N) is 1. The molecule has 3 rings (SSSR count). The first-order valence-electron chi connectivity index (χ1n) is 10.8. The molecule has 0 aliphatic rings. The van der Waals surface area contributed by atoms with Crippen molar-refractivity contribution < 1.29 is 19.4 Å². The summed E-state index contributed by atoms with van der Waals surface area (Å²) in [4.78, 5) is 23.2. The van der Waals surface area contributed by atoms with Crippen LogP contribution in [0.2, 0.25) is 5.02 Å². The van der Waals surface area contributed by atoms with E-state index in [1.54, 1.807) is 0 Å². The number of carbonyl (C=O) groups is 2. The third-order valence-corrected chi connectivity index (χ3v) is 5.29. The van der Waals surface area contributed by atoms with Crippen molar-refractivity contribution in [2.75, 3.05) is 0 Å². The van der Waals surface area contributed by atoms with Crippen LogP contribution in [0.4, 0.5) is 4.79 Å². The topological polar surface area (TPSA) is 80.6 Å². The third-order valence-electron chi connectivity index (χ3n) is 5.03. The van der Waals surface area contributed by atoms with E-state index in [-0.39, 0.29) is 6.42 Å². The molecule has 6 nitrogen and oxygen atoms in total. The highest BCUT2D eigenvalue weighted by atomic mass is 35.5. The number of amides is 1. The lowest BCUT2D eigenvalue weighted by molar-refractivity contribution is -0.137. The van der Waals surface area contributed by atoms with E-state index in [2.05, 4.69) is 9.88 Å². The Kier molecular flexibility index (Phi) is 7.49. The number of hydrogen-bond donors (Lipinski definition) is 2. The summed E-state index contributed by atoms with van der Waals surface area (Å²) in [6.07, 6.45) is -0.0127. The molecule has 0 bridgehead atoms. The lowest BCUT2D eigenvalue weighted by atomic mass is 10.1. The van der Waals surface area contributed by atoms with Crippen LogP contribution in [0.15, 0.2) is 54.6 Å². The molecule has 1 amide bonds. The Morgan fingerprint density at radius 3 is 2.36 bits per heavy atom. The summed E-state index contributed by atoms with van der Waals surface area (Å²) >= 11 is 6.06. The third kappa shape index (κ3) is 6.62. The highest BCUT2D eigenvalue weighted by molar-refractivity contribution is 6.30. The van der Waals surface area contributed by atoms with E-state index in [9.17, 15) is 14.7 Å². The first-order valence-corrected chi connectivity index (χ1v) is 11.2. The number of carboxylic acids is 1. The molecule has 0 saturated heterocycles. The molecule has 2 aromatic carbocycles. The van der Waals surface area contributed by atoms with Gasteiger partial charge in [0, 0.05) is 22.9 Å². The second-order valence-electron chi connectivity index (χ2n) is 8.92. The van der Waals surface area contributed by atoms with Crippen molar-refractivity contribution in [1.82, 2.24) is 9.88 Å². The minimum absolute atomic E-state index is 0.0427. The van der Waals surface area contributed by atoms with E-state index in [1.807, 2.05) is 82.3 Å². The second-order valence-corrected chi connectivity index (χ2v) is 9.36. The van der Waals surface area contributed by atoms with Gasteiger partial charge in [0.25, 0.3) is 0 Å². The number of benzene rings is 2. The highest BCUT2D eigenvalue weighted by Crippen LogP contribution is 2.30. The molecule has 3 aromatic rings. The maximum atomic E-state index is 12.0. The normalized spacial score (nSPS) is 11.3. The molecule has 0 aliphatic heterocycles. The molecule has 0 unspecified atom stereocenters. The molecule has 174 valence electrons. The van der Waals surface area contributed by atoms with Gasteiger partial charge in [-0.25, -0.2) is 4.79 Å². The van der Waals surface area contributed by atoms with Gasteiger partial charge in [0.2, 0.25) is 0 Å². The van der Waals surface area contributed by atoms with Gasteiger partial charge in [-0.15, -0.1) is 0 Å². The second kappa shape index (κ2) is 10.1. The van der Waals surface area contributed by atoms with Crippen molar-refractivity contribution in [3.05, 3.63) is 76.4 Å². The zero-order valence-corrected chi connectivity index (χ0v) is 20.1. The Balaban J connectivity index is 1.92. The predicted octanol–water partition coefficient (Wildman–Crippen LogP) is 6.15. The molecule has 1 aromatic heterocycles. The van der Waals surface area contributed by atoms with Crippen LogP contribution in [-0.4, -0.2) is 27.3 Å². The quantitative estimate of drug-likeness (QED) is 0.436. The maximum absolute atomic E-state index is 12.0.